The number of aryl methyl sites for hydroxylation is 1. The molecule has 0 radical (unpaired) electrons. The molecule has 2 aromatic heterocycles. The Morgan fingerprint density at radius 1 is 1.56 bits per heavy atom. The van der Waals surface area contributed by atoms with E-state index in [-0.39, 0.29) is 5.91 Å². The van der Waals surface area contributed by atoms with E-state index in [9.17, 15) is 4.79 Å². The highest BCUT2D eigenvalue weighted by Gasteiger charge is 2.18. The van der Waals surface area contributed by atoms with Crippen LogP contribution < -0.4 is 0 Å². The maximum Gasteiger partial charge on any atom is 0.289 e. The number of thiophene rings is 1. The van der Waals surface area contributed by atoms with Crippen LogP contribution in [-0.2, 0) is 12.4 Å². The lowest BCUT2D eigenvalue weighted by molar-refractivity contribution is 0.0753. The van der Waals surface area contributed by atoms with Gasteiger partial charge in [0.05, 0.1) is 12.4 Å². The summed E-state index contributed by atoms with van der Waals surface area (Å²) in [6.45, 7) is 2.40. The molecular formula is C13H14ClNO2S. The highest BCUT2D eigenvalue weighted by Crippen LogP contribution is 2.19. The topological polar surface area (TPSA) is 33.5 Å². The lowest BCUT2D eigenvalue weighted by Crippen LogP contribution is -2.25. The molecule has 0 aliphatic rings. The molecule has 0 fully saturated rings. The SMILES string of the molecule is Cc1oc(C(=O)N(C)Cc2cccs2)cc1CCl. The molecule has 1 amide bonds. The number of hydrogen-bond donors (Lipinski definition) is 0. The van der Waals surface area contributed by atoms with Crippen molar-refractivity contribution >= 4 is 28.8 Å². The molecule has 3 nitrogen and oxygen atoms in total. The Morgan fingerprint density at radius 2 is 2.33 bits per heavy atom. The predicted molar refractivity (Wildman–Crippen MR) is 73.1 cm³/mol. The van der Waals surface area contributed by atoms with Gasteiger partial charge < -0.3 is 9.32 Å². The fourth-order valence-corrected chi connectivity index (χ4v) is 2.68. The Morgan fingerprint density at radius 3 is 2.89 bits per heavy atom. The second-order valence-corrected chi connectivity index (χ2v) is 5.37. The summed E-state index contributed by atoms with van der Waals surface area (Å²) >= 11 is 7.39. The quantitative estimate of drug-likeness (QED) is 0.803. The first-order valence-corrected chi connectivity index (χ1v) is 6.96. The zero-order valence-electron chi connectivity index (χ0n) is 10.3. The highest BCUT2D eigenvalue weighted by atomic mass is 35.5. The van der Waals surface area contributed by atoms with Crippen molar-refractivity contribution in [3.8, 4) is 0 Å². The maximum atomic E-state index is 12.1. The molecule has 0 bridgehead atoms. The summed E-state index contributed by atoms with van der Waals surface area (Å²) in [5.41, 5.74) is 0.865. The van der Waals surface area contributed by atoms with Crippen molar-refractivity contribution < 1.29 is 9.21 Å². The molecule has 0 N–H and O–H groups in total. The Hall–Kier alpha value is -1.26. The molecule has 18 heavy (non-hydrogen) atoms. The van der Waals surface area contributed by atoms with Gasteiger partial charge in [0, 0.05) is 17.5 Å². The van der Waals surface area contributed by atoms with Gasteiger partial charge in [0.15, 0.2) is 5.76 Å². The second-order valence-electron chi connectivity index (χ2n) is 4.07. The van der Waals surface area contributed by atoms with Gasteiger partial charge in [-0.1, -0.05) is 6.07 Å². The van der Waals surface area contributed by atoms with E-state index in [4.69, 9.17) is 16.0 Å². The summed E-state index contributed by atoms with van der Waals surface area (Å²) in [5.74, 6) is 1.29. The van der Waals surface area contributed by atoms with Crippen LogP contribution in [0.25, 0.3) is 0 Å². The Kier molecular flexibility index (Phi) is 4.09. The van der Waals surface area contributed by atoms with Gasteiger partial charge in [-0.15, -0.1) is 22.9 Å². The first-order chi connectivity index (χ1) is 8.61. The van der Waals surface area contributed by atoms with E-state index in [0.717, 1.165) is 10.4 Å². The summed E-state index contributed by atoms with van der Waals surface area (Å²) in [6, 6.07) is 5.70. The summed E-state index contributed by atoms with van der Waals surface area (Å²) in [7, 11) is 1.76. The summed E-state index contributed by atoms with van der Waals surface area (Å²) in [6.07, 6.45) is 0. The third kappa shape index (κ3) is 2.76. The first kappa shape index (κ1) is 13.2. The number of carbonyl (C=O) groups excluding carboxylic acids is 1. The summed E-state index contributed by atoms with van der Waals surface area (Å²) < 4.78 is 5.44. The van der Waals surface area contributed by atoms with Crippen LogP contribution >= 0.6 is 22.9 Å². The van der Waals surface area contributed by atoms with E-state index in [2.05, 4.69) is 0 Å². The minimum absolute atomic E-state index is 0.122. The minimum atomic E-state index is -0.122. The van der Waals surface area contributed by atoms with Gasteiger partial charge >= 0.3 is 0 Å². The van der Waals surface area contributed by atoms with Crippen LogP contribution in [0, 0.1) is 6.92 Å². The average molecular weight is 284 g/mol. The van der Waals surface area contributed by atoms with Crippen molar-refractivity contribution in [3.05, 3.63) is 45.5 Å². The Bertz CT molecular complexity index is 533. The van der Waals surface area contributed by atoms with Gasteiger partial charge in [0.2, 0.25) is 0 Å². The third-order valence-electron chi connectivity index (χ3n) is 2.70. The van der Waals surface area contributed by atoms with Crippen molar-refractivity contribution in [2.45, 2.75) is 19.3 Å². The van der Waals surface area contributed by atoms with Crippen LogP contribution in [0.5, 0.6) is 0 Å². The van der Waals surface area contributed by atoms with Gasteiger partial charge in [-0.05, 0) is 24.4 Å². The van der Waals surface area contributed by atoms with E-state index in [0.29, 0.717) is 23.9 Å². The Labute approximate surface area is 115 Å². The molecule has 0 unspecified atom stereocenters. The molecule has 2 aromatic rings. The molecule has 0 saturated heterocycles. The van der Waals surface area contributed by atoms with E-state index in [1.54, 1.807) is 29.4 Å². The van der Waals surface area contributed by atoms with Crippen LogP contribution in [0.3, 0.4) is 0 Å². The van der Waals surface area contributed by atoms with E-state index >= 15 is 0 Å². The van der Waals surface area contributed by atoms with Crippen molar-refractivity contribution in [1.29, 1.82) is 0 Å². The fraction of sp³-hybridized carbons (Fsp3) is 0.308. The van der Waals surface area contributed by atoms with Crippen molar-refractivity contribution in [2.75, 3.05) is 7.05 Å². The second kappa shape index (κ2) is 5.59. The predicted octanol–water partition coefficient (Wildman–Crippen LogP) is 3.66. The molecule has 0 saturated carbocycles. The molecule has 2 rings (SSSR count). The van der Waals surface area contributed by atoms with Gasteiger partial charge in [-0.25, -0.2) is 0 Å². The highest BCUT2D eigenvalue weighted by molar-refractivity contribution is 7.09. The molecule has 96 valence electrons. The molecular weight excluding hydrogens is 270 g/mol. The lowest BCUT2D eigenvalue weighted by atomic mass is 10.2. The molecule has 0 aliphatic carbocycles. The van der Waals surface area contributed by atoms with Crippen LogP contribution in [0.1, 0.15) is 26.8 Å². The molecule has 0 spiro atoms. The average Bonchev–Trinajstić information content (AvgIpc) is 2.97. The Balaban J connectivity index is 2.10. The zero-order chi connectivity index (χ0) is 13.1. The molecule has 5 heteroatoms. The maximum absolute atomic E-state index is 12.1. The van der Waals surface area contributed by atoms with E-state index < -0.39 is 0 Å². The molecule has 2 heterocycles. The van der Waals surface area contributed by atoms with Crippen LogP contribution in [-0.4, -0.2) is 17.9 Å². The van der Waals surface area contributed by atoms with Gasteiger partial charge in [0.25, 0.3) is 5.91 Å². The first-order valence-electron chi connectivity index (χ1n) is 5.55. The van der Waals surface area contributed by atoms with Crippen LogP contribution in [0.4, 0.5) is 0 Å². The number of hydrogen-bond acceptors (Lipinski definition) is 3. The molecule has 0 aliphatic heterocycles. The summed E-state index contributed by atoms with van der Waals surface area (Å²) in [4.78, 5) is 14.9. The van der Waals surface area contributed by atoms with Gasteiger partial charge in [-0.3, -0.25) is 4.79 Å². The van der Waals surface area contributed by atoms with E-state index in [1.807, 2.05) is 24.4 Å². The van der Waals surface area contributed by atoms with Crippen LogP contribution in [0.2, 0.25) is 0 Å². The van der Waals surface area contributed by atoms with Crippen molar-refractivity contribution in [2.24, 2.45) is 0 Å². The smallest absolute Gasteiger partial charge is 0.289 e. The van der Waals surface area contributed by atoms with Gasteiger partial charge in [-0.2, -0.15) is 0 Å². The van der Waals surface area contributed by atoms with Crippen molar-refractivity contribution in [3.63, 3.8) is 0 Å². The normalized spacial score (nSPS) is 10.6. The standard InChI is InChI=1S/C13H14ClNO2S/c1-9-10(7-14)6-12(17-9)13(16)15(2)8-11-4-3-5-18-11/h3-6H,7-8H2,1-2H3. The number of rotatable bonds is 4. The third-order valence-corrected chi connectivity index (χ3v) is 3.84. The number of halogens is 1. The minimum Gasteiger partial charge on any atom is -0.456 e. The monoisotopic (exact) mass is 283 g/mol. The number of furan rings is 1. The number of amides is 1. The molecule has 0 atom stereocenters. The zero-order valence-corrected chi connectivity index (χ0v) is 11.8. The van der Waals surface area contributed by atoms with Crippen LogP contribution in [0.15, 0.2) is 28.0 Å². The molecule has 0 aromatic carbocycles. The summed E-state index contributed by atoms with van der Waals surface area (Å²) in [5, 5.41) is 2.00. The van der Waals surface area contributed by atoms with Gasteiger partial charge in [0.1, 0.15) is 5.76 Å². The lowest BCUT2D eigenvalue weighted by Gasteiger charge is -2.14. The largest absolute Gasteiger partial charge is 0.456 e. The number of alkyl halides is 1. The fourth-order valence-electron chi connectivity index (χ4n) is 1.65. The van der Waals surface area contributed by atoms with E-state index in [1.165, 1.54) is 0 Å². The van der Waals surface area contributed by atoms with Crippen molar-refractivity contribution in [1.82, 2.24) is 4.90 Å². The number of nitrogens with zero attached hydrogens (tertiary/aromatic N) is 1. The number of carbonyl (C=O) groups is 1.